The number of unbranched alkanes of at least 4 members (excludes halogenated alkanes) is 12. The molecule has 0 bridgehead atoms. The van der Waals surface area contributed by atoms with Crippen LogP contribution < -0.4 is 0 Å². The van der Waals surface area contributed by atoms with Crippen molar-refractivity contribution in [2.24, 2.45) is 0 Å². The Balaban J connectivity index is 4.74. The largest absolute Gasteiger partial charge is 0.559 e. The van der Waals surface area contributed by atoms with E-state index in [9.17, 15) is 19.6 Å². The first-order valence-electron chi connectivity index (χ1n) is 14.1. The summed E-state index contributed by atoms with van der Waals surface area (Å²) in [6.07, 6.45) is 18.6. The molecule has 0 amide bonds. The van der Waals surface area contributed by atoms with Crippen LogP contribution in [0.2, 0.25) is 0 Å². The Kier molecular flexibility index (Phi) is 22.8. The average Bonchev–Trinajstić information content (AvgIpc) is 2.85. The highest BCUT2D eigenvalue weighted by atomic mass is 32.2. The lowest BCUT2D eigenvalue weighted by atomic mass is 10.1. The van der Waals surface area contributed by atoms with Crippen molar-refractivity contribution in [2.45, 2.75) is 147 Å². The fourth-order valence-electron chi connectivity index (χ4n) is 4.05. The lowest BCUT2D eigenvalue weighted by Crippen LogP contribution is -2.46. The third-order valence-corrected chi connectivity index (χ3v) is 9.35. The highest BCUT2D eigenvalue weighted by molar-refractivity contribution is 7.99. The molecule has 0 aliphatic carbocycles. The van der Waals surface area contributed by atoms with Gasteiger partial charge in [0, 0.05) is 5.25 Å². The van der Waals surface area contributed by atoms with Gasteiger partial charge in [-0.1, -0.05) is 104 Å². The molecule has 0 aromatic carbocycles. The van der Waals surface area contributed by atoms with Gasteiger partial charge in [-0.25, -0.2) is 4.79 Å². The van der Waals surface area contributed by atoms with Gasteiger partial charge in [-0.05, 0) is 36.5 Å². The van der Waals surface area contributed by atoms with Crippen LogP contribution in [0.5, 0.6) is 0 Å². The molecule has 0 aromatic heterocycles. The van der Waals surface area contributed by atoms with Crippen molar-refractivity contribution < 1.29 is 28.8 Å². The highest BCUT2D eigenvalue weighted by Gasteiger charge is 2.62. The maximum Gasteiger partial charge on any atom is 0.559 e. The predicted octanol–water partition coefficient (Wildman–Crippen LogP) is 8.33. The minimum Gasteiger partial charge on any atom is -0.476 e. The number of carbonyl (C=O) groups is 1. The quantitative estimate of drug-likeness (QED) is 0.0846. The predicted molar refractivity (Wildman–Crippen MR) is 149 cm³/mol. The van der Waals surface area contributed by atoms with Crippen LogP contribution in [0.1, 0.15) is 130 Å². The molecule has 0 saturated heterocycles. The Morgan fingerprint density at radius 3 is 1.86 bits per heavy atom. The van der Waals surface area contributed by atoms with E-state index in [-0.39, 0.29) is 11.9 Å². The summed E-state index contributed by atoms with van der Waals surface area (Å²) in [6, 6.07) is 0. The number of carboxylic acid groups (broad SMARTS) is 1. The van der Waals surface area contributed by atoms with Crippen LogP contribution in [0.4, 0.5) is 0 Å². The third kappa shape index (κ3) is 15.6. The summed E-state index contributed by atoms with van der Waals surface area (Å²) in [6.45, 7) is 7.40. The Morgan fingerprint density at radius 1 is 0.857 bits per heavy atom. The molecule has 0 saturated carbocycles. The van der Waals surface area contributed by atoms with E-state index in [0.29, 0.717) is 6.42 Å². The van der Waals surface area contributed by atoms with E-state index < -0.39 is 32.1 Å². The van der Waals surface area contributed by atoms with Crippen molar-refractivity contribution in [1.29, 1.82) is 0 Å². The Morgan fingerprint density at radius 2 is 1.37 bits per heavy atom. The lowest BCUT2D eigenvalue weighted by molar-refractivity contribution is -0.164. The van der Waals surface area contributed by atoms with Gasteiger partial charge in [0.25, 0.3) is 0 Å². The van der Waals surface area contributed by atoms with Gasteiger partial charge in [-0.2, -0.15) is 11.8 Å². The first-order chi connectivity index (χ1) is 16.9. The number of ether oxygens (including phenoxy) is 1. The molecule has 0 aliphatic rings. The van der Waals surface area contributed by atoms with E-state index in [2.05, 4.69) is 13.8 Å². The zero-order chi connectivity index (χ0) is 26.4. The molecule has 0 aromatic rings. The number of aliphatic hydroxyl groups is 1. The van der Waals surface area contributed by atoms with Crippen molar-refractivity contribution in [3.63, 3.8) is 0 Å². The number of thioether (sulfide) groups is 1. The molecule has 35 heavy (non-hydrogen) atoms. The fraction of sp³-hybridized carbons (Fsp3) is 0.963. The molecule has 8 heteroatoms. The maximum atomic E-state index is 12.7. The van der Waals surface area contributed by atoms with E-state index in [4.69, 9.17) is 9.26 Å². The molecule has 208 valence electrons. The average molecular weight is 538 g/mol. The SMILES string of the molecule is CCCCCCCCCCCCSC(CCCCCC)C(C)OC(CO)(C(=O)O)[P+](=O)OCCC. The van der Waals surface area contributed by atoms with Crippen LogP contribution in [0.25, 0.3) is 0 Å². The minimum atomic E-state index is -2.71. The third-order valence-electron chi connectivity index (χ3n) is 6.33. The van der Waals surface area contributed by atoms with E-state index >= 15 is 0 Å². The van der Waals surface area contributed by atoms with Gasteiger partial charge in [-0.3, -0.25) is 0 Å². The molecule has 0 fully saturated rings. The number of hydrogen-bond acceptors (Lipinski definition) is 6. The van der Waals surface area contributed by atoms with Crippen LogP contribution in [0.15, 0.2) is 0 Å². The first kappa shape index (κ1) is 34.8. The van der Waals surface area contributed by atoms with Crippen LogP contribution >= 0.6 is 19.8 Å². The zero-order valence-corrected chi connectivity index (χ0v) is 24.7. The summed E-state index contributed by atoms with van der Waals surface area (Å²) >= 11 is 1.82. The molecule has 4 unspecified atom stereocenters. The van der Waals surface area contributed by atoms with E-state index in [1.165, 1.54) is 64.2 Å². The van der Waals surface area contributed by atoms with Crippen LogP contribution in [0, 0.1) is 0 Å². The molecule has 6 nitrogen and oxygen atoms in total. The molecule has 0 rings (SSSR count). The molecule has 0 heterocycles. The van der Waals surface area contributed by atoms with Crippen molar-refractivity contribution in [2.75, 3.05) is 19.0 Å². The van der Waals surface area contributed by atoms with Crippen molar-refractivity contribution in [3.05, 3.63) is 0 Å². The first-order valence-corrected chi connectivity index (χ1v) is 16.4. The summed E-state index contributed by atoms with van der Waals surface area (Å²) in [5, 5.41) is 17.6. The molecule has 0 aliphatic heterocycles. The standard InChI is InChI=1S/C27H53O6PS/c1-5-8-10-12-13-14-15-16-17-19-22-35-25(20-18-11-9-6-2)24(4)33-27(23-28,26(29)30)34(31)32-21-7-3/h24-25,28H,5-23H2,1-4H3/p+1. The number of aliphatic hydroxyl groups excluding tert-OH is 1. The number of carboxylic acids is 1. The second kappa shape index (κ2) is 23.0. The van der Waals surface area contributed by atoms with Gasteiger partial charge in [0.2, 0.25) is 0 Å². The van der Waals surface area contributed by atoms with Gasteiger partial charge in [-0.15, -0.1) is 4.52 Å². The summed E-state index contributed by atoms with van der Waals surface area (Å²) in [7, 11) is -2.71. The smallest absolute Gasteiger partial charge is 0.476 e. The molecular formula is C27H54O6PS+. The van der Waals surface area contributed by atoms with E-state index in [1.54, 1.807) is 0 Å². The zero-order valence-electron chi connectivity index (χ0n) is 23.0. The molecule has 2 N–H and O–H groups in total. The molecule has 0 spiro atoms. The molecule has 4 atom stereocenters. The number of rotatable bonds is 26. The molecular weight excluding hydrogens is 483 g/mol. The van der Waals surface area contributed by atoms with Gasteiger partial charge in [0.05, 0.1) is 6.10 Å². The Labute approximate surface area is 220 Å². The monoisotopic (exact) mass is 537 g/mol. The van der Waals surface area contributed by atoms with Crippen molar-refractivity contribution in [3.8, 4) is 0 Å². The summed E-state index contributed by atoms with van der Waals surface area (Å²) in [4.78, 5) is 12.0. The van der Waals surface area contributed by atoms with E-state index in [1.807, 2.05) is 25.6 Å². The Hall–Kier alpha value is -0.200. The second-order valence-corrected chi connectivity index (χ2v) is 12.4. The van der Waals surface area contributed by atoms with Crippen molar-refractivity contribution in [1.82, 2.24) is 0 Å². The normalized spacial score (nSPS) is 15.5. The van der Waals surface area contributed by atoms with Gasteiger partial charge < -0.3 is 14.9 Å². The van der Waals surface area contributed by atoms with E-state index in [0.717, 1.165) is 37.9 Å². The van der Waals surface area contributed by atoms with Crippen LogP contribution in [-0.4, -0.2) is 51.8 Å². The Bertz CT molecular complexity index is 536. The molecule has 0 radical (unpaired) electrons. The second-order valence-electron chi connectivity index (χ2n) is 9.60. The minimum absolute atomic E-state index is 0.0882. The fourth-order valence-corrected chi connectivity index (χ4v) is 6.46. The summed E-state index contributed by atoms with van der Waals surface area (Å²) in [5.74, 6) is -0.436. The van der Waals surface area contributed by atoms with Gasteiger partial charge >= 0.3 is 19.3 Å². The highest BCUT2D eigenvalue weighted by Crippen LogP contribution is 2.43. The van der Waals surface area contributed by atoms with Crippen LogP contribution in [0.3, 0.4) is 0 Å². The number of hydrogen-bond donors (Lipinski definition) is 2. The summed E-state index contributed by atoms with van der Waals surface area (Å²) in [5.41, 5.74) is 0. The van der Waals surface area contributed by atoms with Gasteiger partial charge in [0.15, 0.2) is 0 Å². The van der Waals surface area contributed by atoms with Crippen molar-refractivity contribution >= 4 is 25.8 Å². The maximum absolute atomic E-state index is 12.7. The summed E-state index contributed by atoms with van der Waals surface area (Å²) < 4.78 is 23.8. The number of aliphatic carboxylic acids is 1. The topological polar surface area (TPSA) is 93.1 Å². The lowest BCUT2D eigenvalue weighted by Gasteiger charge is -2.28. The van der Waals surface area contributed by atoms with Crippen LogP contribution in [-0.2, 0) is 18.6 Å². The van der Waals surface area contributed by atoms with Gasteiger partial charge in [0.1, 0.15) is 13.2 Å².